The molecule has 0 atom stereocenters. The summed E-state index contributed by atoms with van der Waals surface area (Å²) in [5.41, 5.74) is 2.29. The van der Waals surface area contributed by atoms with Gasteiger partial charge in [0.2, 0.25) is 0 Å². The molecule has 0 unspecified atom stereocenters. The summed E-state index contributed by atoms with van der Waals surface area (Å²) >= 11 is 0. The summed E-state index contributed by atoms with van der Waals surface area (Å²) in [6, 6.07) is 0. The zero-order valence-electron chi connectivity index (χ0n) is 6.21. The Kier molecular flexibility index (Phi) is 1.63. The van der Waals surface area contributed by atoms with Crippen LogP contribution in [0.15, 0.2) is 18.8 Å². The van der Waals surface area contributed by atoms with Crippen molar-refractivity contribution in [1.82, 2.24) is 9.97 Å². The number of H-pyrrole nitrogens is 1. The van der Waals surface area contributed by atoms with Gasteiger partial charge in [-0.15, -0.1) is 0 Å². The van der Waals surface area contributed by atoms with Crippen molar-refractivity contribution in [2.45, 2.75) is 12.8 Å². The minimum absolute atomic E-state index is 0.845. The molecule has 2 heterocycles. The number of hydrogen-bond acceptors (Lipinski definition) is 2. The fraction of sp³-hybridized carbons (Fsp3) is 0.375. The molecule has 3 nitrogen and oxygen atoms in total. The van der Waals surface area contributed by atoms with Crippen molar-refractivity contribution in [1.29, 1.82) is 0 Å². The van der Waals surface area contributed by atoms with Crippen molar-refractivity contribution in [2.75, 3.05) is 6.61 Å². The molecule has 0 amide bonds. The van der Waals surface area contributed by atoms with Crippen LogP contribution in [0.2, 0.25) is 0 Å². The maximum absolute atomic E-state index is 5.20. The summed E-state index contributed by atoms with van der Waals surface area (Å²) in [5, 5.41) is 0. The first-order valence-corrected chi connectivity index (χ1v) is 3.76. The van der Waals surface area contributed by atoms with Crippen molar-refractivity contribution in [3.05, 3.63) is 24.5 Å². The first-order chi connectivity index (χ1) is 5.47. The lowest BCUT2D eigenvalue weighted by molar-refractivity contribution is 0.235. The van der Waals surface area contributed by atoms with Gasteiger partial charge in [-0.3, -0.25) is 0 Å². The first kappa shape index (κ1) is 6.46. The van der Waals surface area contributed by atoms with Gasteiger partial charge < -0.3 is 9.72 Å². The minimum Gasteiger partial charge on any atom is -0.501 e. The van der Waals surface area contributed by atoms with Gasteiger partial charge in [-0.2, -0.15) is 0 Å². The lowest BCUT2D eigenvalue weighted by atomic mass is 10.1. The Morgan fingerprint density at radius 3 is 3.18 bits per heavy atom. The molecule has 2 rings (SSSR count). The third-order valence-electron chi connectivity index (χ3n) is 1.78. The number of allylic oxidation sites excluding steroid dienone is 1. The van der Waals surface area contributed by atoms with Crippen LogP contribution in [-0.4, -0.2) is 16.6 Å². The van der Waals surface area contributed by atoms with Crippen molar-refractivity contribution in [3.63, 3.8) is 0 Å². The van der Waals surface area contributed by atoms with Gasteiger partial charge in [0, 0.05) is 5.57 Å². The fourth-order valence-corrected chi connectivity index (χ4v) is 1.19. The molecular weight excluding hydrogens is 140 g/mol. The number of hydrogen-bond donors (Lipinski definition) is 1. The van der Waals surface area contributed by atoms with Crippen LogP contribution in [0.25, 0.3) is 5.57 Å². The van der Waals surface area contributed by atoms with Crippen LogP contribution in [0.5, 0.6) is 0 Å². The summed E-state index contributed by atoms with van der Waals surface area (Å²) in [6.45, 7) is 0.845. The molecule has 0 spiro atoms. The normalized spacial score (nSPS) is 17.3. The van der Waals surface area contributed by atoms with E-state index in [4.69, 9.17) is 4.74 Å². The first-order valence-electron chi connectivity index (χ1n) is 3.76. The summed E-state index contributed by atoms with van der Waals surface area (Å²) in [4.78, 5) is 6.99. The number of nitrogens with zero attached hydrogens (tertiary/aromatic N) is 1. The number of aromatic amines is 1. The second-order valence-electron chi connectivity index (χ2n) is 2.58. The average Bonchev–Trinajstić information content (AvgIpc) is 2.58. The van der Waals surface area contributed by atoms with E-state index in [1.807, 2.05) is 12.5 Å². The van der Waals surface area contributed by atoms with E-state index in [1.165, 1.54) is 5.57 Å². The smallest absolute Gasteiger partial charge is 0.0924 e. The van der Waals surface area contributed by atoms with Crippen LogP contribution in [-0.2, 0) is 4.74 Å². The predicted octanol–water partition coefficient (Wildman–Crippen LogP) is 1.56. The molecule has 1 aromatic heterocycles. The lowest BCUT2D eigenvalue weighted by Gasteiger charge is -2.11. The SMILES string of the molecule is C1=C(c2cnc[nH]2)CCCO1. The summed E-state index contributed by atoms with van der Waals surface area (Å²) in [7, 11) is 0. The third kappa shape index (κ3) is 1.27. The summed E-state index contributed by atoms with van der Waals surface area (Å²) in [5.74, 6) is 0. The number of rotatable bonds is 1. The minimum atomic E-state index is 0.845. The van der Waals surface area contributed by atoms with Gasteiger partial charge in [0.15, 0.2) is 0 Å². The molecule has 0 radical (unpaired) electrons. The van der Waals surface area contributed by atoms with Crippen LogP contribution < -0.4 is 0 Å². The van der Waals surface area contributed by atoms with Gasteiger partial charge in [-0.25, -0.2) is 4.98 Å². The Morgan fingerprint density at radius 2 is 2.55 bits per heavy atom. The number of ether oxygens (including phenoxy) is 1. The molecule has 0 aromatic carbocycles. The van der Waals surface area contributed by atoms with Crippen molar-refractivity contribution in [2.24, 2.45) is 0 Å². The molecule has 1 aromatic rings. The Balaban J connectivity index is 2.22. The largest absolute Gasteiger partial charge is 0.501 e. The zero-order valence-corrected chi connectivity index (χ0v) is 6.21. The molecule has 0 saturated carbocycles. The molecule has 3 heteroatoms. The van der Waals surface area contributed by atoms with E-state index in [0.717, 1.165) is 25.1 Å². The van der Waals surface area contributed by atoms with Crippen LogP contribution in [0.1, 0.15) is 18.5 Å². The standard InChI is InChI=1S/C8H10N2O/c1-2-7(5-11-3-1)8-4-9-6-10-8/h4-6H,1-3H2,(H,9,10). The molecule has 11 heavy (non-hydrogen) atoms. The number of nitrogens with one attached hydrogen (secondary N) is 1. The van der Waals surface area contributed by atoms with E-state index in [2.05, 4.69) is 9.97 Å². The van der Waals surface area contributed by atoms with Crippen LogP contribution in [0.4, 0.5) is 0 Å². The topological polar surface area (TPSA) is 37.9 Å². The van der Waals surface area contributed by atoms with Crippen molar-refractivity contribution < 1.29 is 4.74 Å². The Bertz CT molecular complexity index is 251. The van der Waals surface area contributed by atoms with E-state index >= 15 is 0 Å². The van der Waals surface area contributed by atoms with E-state index in [-0.39, 0.29) is 0 Å². The van der Waals surface area contributed by atoms with Crippen molar-refractivity contribution >= 4 is 5.57 Å². The highest BCUT2D eigenvalue weighted by Gasteiger charge is 2.06. The molecule has 1 N–H and O–H groups in total. The van der Waals surface area contributed by atoms with Crippen molar-refractivity contribution in [3.8, 4) is 0 Å². The Morgan fingerprint density at radius 1 is 1.55 bits per heavy atom. The third-order valence-corrected chi connectivity index (χ3v) is 1.78. The molecule has 0 aliphatic carbocycles. The molecule has 0 saturated heterocycles. The fourth-order valence-electron chi connectivity index (χ4n) is 1.19. The second-order valence-corrected chi connectivity index (χ2v) is 2.58. The van der Waals surface area contributed by atoms with Crippen LogP contribution in [0.3, 0.4) is 0 Å². The maximum atomic E-state index is 5.20. The summed E-state index contributed by atoms with van der Waals surface area (Å²) in [6.07, 6.45) is 7.51. The molecule has 1 aliphatic heterocycles. The monoisotopic (exact) mass is 150 g/mol. The molecular formula is C8H10N2O. The van der Waals surface area contributed by atoms with Gasteiger partial charge in [-0.05, 0) is 12.8 Å². The molecule has 0 bridgehead atoms. The van der Waals surface area contributed by atoms with Crippen LogP contribution >= 0.6 is 0 Å². The predicted molar refractivity (Wildman–Crippen MR) is 41.8 cm³/mol. The van der Waals surface area contributed by atoms with Crippen LogP contribution in [0, 0.1) is 0 Å². The van der Waals surface area contributed by atoms with Gasteiger partial charge in [0.1, 0.15) is 0 Å². The van der Waals surface area contributed by atoms with Gasteiger partial charge >= 0.3 is 0 Å². The number of imidazole rings is 1. The average molecular weight is 150 g/mol. The quantitative estimate of drug-likeness (QED) is 0.659. The Hall–Kier alpha value is -1.25. The highest BCUT2D eigenvalue weighted by Crippen LogP contribution is 2.20. The van der Waals surface area contributed by atoms with E-state index in [0.29, 0.717) is 0 Å². The van der Waals surface area contributed by atoms with E-state index in [9.17, 15) is 0 Å². The Labute approximate surface area is 65.1 Å². The number of aromatic nitrogens is 2. The van der Waals surface area contributed by atoms with Gasteiger partial charge in [0.25, 0.3) is 0 Å². The van der Waals surface area contributed by atoms with Gasteiger partial charge in [0.05, 0.1) is 31.1 Å². The lowest BCUT2D eigenvalue weighted by Crippen LogP contribution is -1.98. The molecule has 0 fully saturated rings. The van der Waals surface area contributed by atoms with Gasteiger partial charge in [-0.1, -0.05) is 0 Å². The second kappa shape index (κ2) is 2.78. The summed E-state index contributed by atoms with van der Waals surface area (Å²) < 4.78 is 5.20. The zero-order chi connectivity index (χ0) is 7.52. The molecule has 58 valence electrons. The molecule has 1 aliphatic rings. The van der Waals surface area contributed by atoms with E-state index < -0.39 is 0 Å². The highest BCUT2D eigenvalue weighted by atomic mass is 16.5. The maximum Gasteiger partial charge on any atom is 0.0924 e. The van der Waals surface area contributed by atoms with E-state index in [1.54, 1.807) is 6.33 Å². The highest BCUT2D eigenvalue weighted by molar-refractivity contribution is 5.61.